The molecule has 0 fully saturated rings. The molecule has 2 unspecified atom stereocenters. The van der Waals surface area contributed by atoms with Crippen LogP contribution in [0.1, 0.15) is 53.8 Å². The summed E-state index contributed by atoms with van der Waals surface area (Å²) in [5.41, 5.74) is 3.93. The van der Waals surface area contributed by atoms with Crippen molar-refractivity contribution in [3.63, 3.8) is 0 Å². The summed E-state index contributed by atoms with van der Waals surface area (Å²) in [4.78, 5) is 1.34. The Kier molecular flexibility index (Phi) is 5.48. The van der Waals surface area contributed by atoms with Gasteiger partial charge in [0.1, 0.15) is 0 Å². The molecule has 0 aliphatic carbocycles. The molecule has 0 radical (unpaired) electrons. The third-order valence-electron chi connectivity index (χ3n) is 4.55. The summed E-state index contributed by atoms with van der Waals surface area (Å²) in [5.74, 6) is 0.614. The Labute approximate surface area is 148 Å². The van der Waals surface area contributed by atoms with Gasteiger partial charge in [0.2, 0.25) is 0 Å². The monoisotopic (exact) mass is 339 g/mol. The molecule has 2 heterocycles. The van der Waals surface area contributed by atoms with Crippen LogP contribution in [0.2, 0.25) is 0 Å². The zero-order valence-electron chi connectivity index (χ0n) is 14.6. The van der Waals surface area contributed by atoms with Crippen LogP contribution in [0.3, 0.4) is 0 Å². The fraction of sp³-hybridized carbons (Fsp3) is 0.350. The van der Waals surface area contributed by atoms with Crippen molar-refractivity contribution in [3.05, 3.63) is 75.7 Å². The molecule has 0 spiro atoms. The number of benzene rings is 1. The van der Waals surface area contributed by atoms with Crippen LogP contribution in [0, 0.1) is 0 Å². The smallest absolute Gasteiger partial charge is 0.0673 e. The standard InChI is InChI=1S/C20H25N3S/c1-4-15(2)17-7-9-18(10-8-17)20(19-6-5-11-24-19)21-12-16-13-22-23(3)14-16/h5-11,13-15,20-21H,4,12H2,1-3H3. The van der Waals surface area contributed by atoms with E-state index in [4.69, 9.17) is 0 Å². The van der Waals surface area contributed by atoms with Crippen molar-refractivity contribution in [2.45, 2.75) is 38.8 Å². The second-order valence-electron chi connectivity index (χ2n) is 6.33. The number of aryl methyl sites for hydroxylation is 1. The normalized spacial score (nSPS) is 13.8. The lowest BCUT2D eigenvalue weighted by atomic mass is 9.95. The number of nitrogens with zero attached hydrogens (tertiary/aromatic N) is 2. The highest BCUT2D eigenvalue weighted by atomic mass is 32.1. The van der Waals surface area contributed by atoms with Gasteiger partial charge in [-0.3, -0.25) is 4.68 Å². The van der Waals surface area contributed by atoms with Gasteiger partial charge in [-0.25, -0.2) is 0 Å². The maximum atomic E-state index is 4.25. The van der Waals surface area contributed by atoms with E-state index < -0.39 is 0 Å². The molecule has 2 atom stereocenters. The van der Waals surface area contributed by atoms with Crippen LogP contribution in [0.4, 0.5) is 0 Å². The first-order valence-electron chi connectivity index (χ1n) is 8.51. The molecule has 0 aliphatic rings. The fourth-order valence-electron chi connectivity index (χ4n) is 2.87. The highest BCUT2D eigenvalue weighted by Crippen LogP contribution is 2.28. The van der Waals surface area contributed by atoms with E-state index >= 15 is 0 Å². The number of aromatic nitrogens is 2. The Hall–Kier alpha value is -1.91. The number of nitrogens with one attached hydrogen (secondary N) is 1. The molecular formula is C20H25N3S. The van der Waals surface area contributed by atoms with Gasteiger partial charge >= 0.3 is 0 Å². The van der Waals surface area contributed by atoms with Crippen molar-refractivity contribution in [3.8, 4) is 0 Å². The molecule has 0 bridgehead atoms. The summed E-state index contributed by atoms with van der Waals surface area (Å²) < 4.78 is 1.85. The van der Waals surface area contributed by atoms with Gasteiger partial charge in [-0.05, 0) is 34.9 Å². The molecule has 0 saturated carbocycles. The van der Waals surface area contributed by atoms with Gasteiger partial charge in [-0.15, -0.1) is 11.3 Å². The van der Waals surface area contributed by atoms with Gasteiger partial charge in [0.15, 0.2) is 0 Å². The third-order valence-corrected chi connectivity index (χ3v) is 5.48. The lowest BCUT2D eigenvalue weighted by Gasteiger charge is -2.19. The number of hydrogen-bond acceptors (Lipinski definition) is 3. The molecule has 0 saturated heterocycles. The van der Waals surface area contributed by atoms with Gasteiger partial charge in [-0.1, -0.05) is 44.2 Å². The number of hydrogen-bond donors (Lipinski definition) is 1. The topological polar surface area (TPSA) is 29.9 Å². The maximum Gasteiger partial charge on any atom is 0.0673 e. The third kappa shape index (κ3) is 3.94. The van der Waals surface area contributed by atoms with E-state index in [0.717, 1.165) is 6.54 Å². The first-order chi connectivity index (χ1) is 11.7. The predicted molar refractivity (Wildman–Crippen MR) is 101 cm³/mol. The quantitative estimate of drug-likeness (QED) is 0.665. The molecule has 1 N–H and O–H groups in total. The minimum absolute atomic E-state index is 0.219. The molecule has 24 heavy (non-hydrogen) atoms. The average Bonchev–Trinajstić information content (AvgIpc) is 3.27. The number of rotatable bonds is 7. The molecule has 0 aliphatic heterocycles. The van der Waals surface area contributed by atoms with Gasteiger partial charge in [0.05, 0.1) is 12.2 Å². The second kappa shape index (κ2) is 7.77. The van der Waals surface area contributed by atoms with E-state index in [1.54, 1.807) is 11.3 Å². The van der Waals surface area contributed by atoms with Crippen LogP contribution in [-0.4, -0.2) is 9.78 Å². The van der Waals surface area contributed by atoms with E-state index in [-0.39, 0.29) is 6.04 Å². The van der Waals surface area contributed by atoms with E-state index in [9.17, 15) is 0 Å². The fourth-order valence-corrected chi connectivity index (χ4v) is 3.70. The molecule has 3 aromatic rings. The summed E-state index contributed by atoms with van der Waals surface area (Å²) in [7, 11) is 1.95. The Morgan fingerprint density at radius 2 is 1.92 bits per heavy atom. The van der Waals surface area contributed by atoms with Crippen molar-refractivity contribution >= 4 is 11.3 Å². The van der Waals surface area contributed by atoms with Crippen molar-refractivity contribution < 1.29 is 0 Å². The Morgan fingerprint density at radius 3 is 2.50 bits per heavy atom. The van der Waals surface area contributed by atoms with Gasteiger partial charge in [-0.2, -0.15) is 5.10 Å². The highest BCUT2D eigenvalue weighted by molar-refractivity contribution is 7.10. The van der Waals surface area contributed by atoms with E-state index in [1.165, 1.54) is 28.0 Å². The molecule has 1 aromatic carbocycles. The lowest BCUT2D eigenvalue weighted by molar-refractivity contribution is 0.612. The van der Waals surface area contributed by atoms with E-state index in [2.05, 4.69) is 72.2 Å². The zero-order valence-corrected chi connectivity index (χ0v) is 15.4. The van der Waals surface area contributed by atoms with Gasteiger partial charge in [0.25, 0.3) is 0 Å². The summed E-state index contributed by atoms with van der Waals surface area (Å²) in [6.07, 6.45) is 5.15. The van der Waals surface area contributed by atoms with E-state index in [1.807, 2.05) is 17.9 Å². The molecule has 3 rings (SSSR count). The minimum Gasteiger partial charge on any atom is -0.301 e. The summed E-state index contributed by atoms with van der Waals surface area (Å²) in [5, 5.41) is 10.1. The average molecular weight is 340 g/mol. The molecule has 2 aromatic heterocycles. The summed E-state index contributed by atoms with van der Waals surface area (Å²) in [6, 6.07) is 13.6. The first kappa shape index (κ1) is 16.9. The molecule has 126 valence electrons. The second-order valence-corrected chi connectivity index (χ2v) is 7.31. The molecule has 4 heteroatoms. The highest BCUT2D eigenvalue weighted by Gasteiger charge is 2.15. The molecule has 3 nitrogen and oxygen atoms in total. The largest absolute Gasteiger partial charge is 0.301 e. The summed E-state index contributed by atoms with van der Waals surface area (Å²) >= 11 is 1.80. The summed E-state index contributed by atoms with van der Waals surface area (Å²) in [6.45, 7) is 5.33. The van der Waals surface area contributed by atoms with Gasteiger partial charge in [0, 0.05) is 30.2 Å². The van der Waals surface area contributed by atoms with Crippen molar-refractivity contribution in [2.24, 2.45) is 7.05 Å². The predicted octanol–water partition coefficient (Wildman–Crippen LogP) is 4.87. The van der Waals surface area contributed by atoms with Crippen LogP contribution in [-0.2, 0) is 13.6 Å². The zero-order chi connectivity index (χ0) is 16.9. The van der Waals surface area contributed by atoms with E-state index in [0.29, 0.717) is 5.92 Å². The molecule has 0 amide bonds. The van der Waals surface area contributed by atoms with Crippen molar-refractivity contribution in [1.82, 2.24) is 15.1 Å². The minimum atomic E-state index is 0.219. The SMILES string of the molecule is CCC(C)c1ccc(C(NCc2cnn(C)c2)c2cccs2)cc1. The molecular weight excluding hydrogens is 314 g/mol. The maximum absolute atomic E-state index is 4.25. The van der Waals surface area contributed by atoms with Crippen LogP contribution in [0.5, 0.6) is 0 Å². The van der Waals surface area contributed by atoms with Crippen LogP contribution in [0.25, 0.3) is 0 Å². The van der Waals surface area contributed by atoms with Crippen LogP contribution >= 0.6 is 11.3 Å². The van der Waals surface area contributed by atoms with Crippen molar-refractivity contribution in [2.75, 3.05) is 0 Å². The van der Waals surface area contributed by atoms with Crippen LogP contribution < -0.4 is 5.32 Å². The Balaban J connectivity index is 1.79. The Bertz CT molecular complexity index is 744. The lowest BCUT2D eigenvalue weighted by Crippen LogP contribution is -2.21. The Morgan fingerprint density at radius 1 is 1.17 bits per heavy atom. The first-order valence-corrected chi connectivity index (χ1v) is 9.39. The number of thiophene rings is 1. The van der Waals surface area contributed by atoms with Crippen molar-refractivity contribution in [1.29, 1.82) is 0 Å². The van der Waals surface area contributed by atoms with Gasteiger partial charge < -0.3 is 5.32 Å². The van der Waals surface area contributed by atoms with Crippen LogP contribution in [0.15, 0.2) is 54.2 Å².